The summed E-state index contributed by atoms with van der Waals surface area (Å²) >= 11 is 0. The van der Waals surface area contributed by atoms with Gasteiger partial charge in [0.05, 0.1) is 12.0 Å². The van der Waals surface area contributed by atoms with Gasteiger partial charge in [0.15, 0.2) is 6.40 Å². The predicted molar refractivity (Wildman–Crippen MR) is 136 cm³/mol. The van der Waals surface area contributed by atoms with Crippen LogP contribution in [0.2, 0.25) is 0 Å². The van der Waals surface area contributed by atoms with E-state index in [0.29, 0.717) is 5.75 Å². The van der Waals surface area contributed by atoms with E-state index in [-0.39, 0.29) is 22.7 Å². The smallest absolute Gasteiger partial charge is 0.343 e. The Morgan fingerprint density at radius 2 is 1.63 bits per heavy atom. The number of para-hydroxylation sites is 1. The van der Waals surface area contributed by atoms with Gasteiger partial charge < -0.3 is 19.3 Å². The standard InChI is InChI=1S/C29H37NO5/c1-17(2)34-25(32)29-23(19-12-10-11-13-22(19)35-28(29,9)33-16-30-29)18-14-20(26(3,4)5)24(31)21(15-18)27(6,7)8/h10-17,23,31H,1-9H3/t23-,28+,29+/m1/s1. The molecule has 2 aromatic carbocycles. The highest BCUT2D eigenvalue weighted by Crippen LogP contribution is 2.56. The largest absolute Gasteiger partial charge is 0.507 e. The van der Waals surface area contributed by atoms with Gasteiger partial charge in [0.25, 0.3) is 5.79 Å². The minimum absolute atomic E-state index is 0.279. The molecule has 2 heterocycles. The van der Waals surface area contributed by atoms with Crippen LogP contribution in [0.3, 0.4) is 0 Å². The van der Waals surface area contributed by atoms with Gasteiger partial charge in [-0.15, -0.1) is 0 Å². The van der Waals surface area contributed by atoms with E-state index in [1.165, 1.54) is 6.40 Å². The van der Waals surface area contributed by atoms with E-state index in [1.54, 1.807) is 6.92 Å². The minimum Gasteiger partial charge on any atom is -0.507 e. The van der Waals surface area contributed by atoms with E-state index in [0.717, 1.165) is 22.3 Å². The van der Waals surface area contributed by atoms with Gasteiger partial charge in [-0.05, 0) is 47.4 Å². The Balaban J connectivity index is 2.10. The molecule has 0 unspecified atom stereocenters. The Bertz CT molecular complexity index is 1150. The van der Waals surface area contributed by atoms with Crippen LogP contribution in [0, 0.1) is 0 Å². The summed E-state index contributed by atoms with van der Waals surface area (Å²) in [5.74, 6) is -1.57. The van der Waals surface area contributed by atoms with Gasteiger partial charge >= 0.3 is 5.97 Å². The average molecular weight is 480 g/mol. The van der Waals surface area contributed by atoms with Crippen LogP contribution in [0.1, 0.15) is 90.5 Å². The molecule has 0 amide bonds. The molecule has 0 saturated carbocycles. The number of carbonyl (C=O) groups excluding carboxylic acids is 1. The normalized spacial score (nSPS) is 25.5. The van der Waals surface area contributed by atoms with Crippen molar-refractivity contribution in [3.05, 3.63) is 58.7 Å². The number of ether oxygens (including phenoxy) is 3. The number of phenolic OH excluding ortho intramolecular Hbond substituents is 1. The minimum atomic E-state index is -1.51. The van der Waals surface area contributed by atoms with Crippen LogP contribution in [0.5, 0.6) is 11.5 Å². The maximum absolute atomic E-state index is 13.9. The fourth-order valence-electron chi connectivity index (χ4n) is 5.15. The van der Waals surface area contributed by atoms with Gasteiger partial charge in [0, 0.05) is 12.5 Å². The lowest BCUT2D eigenvalue weighted by molar-refractivity contribution is -0.191. The van der Waals surface area contributed by atoms with Gasteiger partial charge in [-0.2, -0.15) is 0 Å². The van der Waals surface area contributed by atoms with Crippen LogP contribution in [0.15, 0.2) is 41.4 Å². The highest BCUT2D eigenvalue weighted by molar-refractivity contribution is 5.89. The number of benzene rings is 2. The average Bonchev–Trinajstić information content (AvgIpc) is 3.07. The molecule has 3 atom stereocenters. The summed E-state index contributed by atoms with van der Waals surface area (Å²) in [5, 5.41) is 11.3. The lowest BCUT2D eigenvalue weighted by Gasteiger charge is -2.47. The summed E-state index contributed by atoms with van der Waals surface area (Å²) in [5.41, 5.74) is 1.10. The van der Waals surface area contributed by atoms with Crippen molar-refractivity contribution in [2.24, 2.45) is 4.99 Å². The van der Waals surface area contributed by atoms with Crippen LogP contribution in [-0.2, 0) is 25.1 Å². The molecule has 0 fully saturated rings. The second kappa shape index (κ2) is 8.00. The zero-order valence-electron chi connectivity index (χ0n) is 22.2. The van der Waals surface area contributed by atoms with Crippen molar-refractivity contribution in [1.29, 1.82) is 0 Å². The SMILES string of the molecule is CC(C)OC(=O)[C@]12N=CO[C@@]1(C)Oc1ccccc1[C@H]2c1cc(C(C)(C)C)c(O)c(C(C)(C)C)c1. The Hall–Kier alpha value is -3.02. The highest BCUT2D eigenvalue weighted by atomic mass is 16.7. The Morgan fingerprint density at radius 1 is 1.06 bits per heavy atom. The Morgan fingerprint density at radius 3 is 2.17 bits per heavy atom. The first-order valence-electron chi connectivity index (χ1n) is 12.2. The van der Waals surface area contributed by atoms with Crippen molar-refractivity contribution >= 4 is 12.4 Å². The van der Waals surface area contributed by atoms with E-state index >= 15 is 0 Å². The number of rotatable bonds is 3. The van der Waals surface area contributed by atoms with Crippen LogP contribution in [-0.4, -0.2) is 34.9 Å². The molecule has 6 heteroatoms. The fraction of sp³-hybridized carbons (Fsp3) is 0.517. The van der Waals surface area contributed by atoms with Crippen molar-refractivity contribution in [2.75, 3.05) is 0 Å². The summed E-state index contributed by atoms with van der Waals surface area (Å²) in [4.78, 5) is 18.6. The molecule has 0 bridgehead atoms. The molecular weight excluding hydrogens is 442 g/mol. The first-order chi connectivity index (χ1) is 16.1. The van der Waals surface area contributed by atoms with Crippen molar-refractivity contribution in [1.82, 2.24) is 0 Å². The van der Waals surface area contributed by atoms with E-state index in [1.807, 2.05) is 50.2 Å². The van der Waals surface area contributed by atoms with Crippen molar-refractivity contribution in [2.45, 2.75) is 96.5 Å². The molecule has 1 N–H and O–H groups in total. The third kappa shape index (κ3) is 3.87. The molecule has 0 saturated heterocycles. The van der Waals surface area contributed by atoms with Gasteiger partial charge in [0.1, 0.15) is 11.5 Å². The maximum atomic E-state index is 13.9. The summed E-state index contributed by atoms with van der Waals surface area (Å²) in [6.07, 6.45) is 0.959. The lowest BCUT2D eigenvalue weighted by atomic mass is 9.67. The zero-order valence-corrected chi connectivity index (χ0v) is 22.2. The van der Waals surface area contributed by atoms with E-state index in [4.69, 9.17) is 14.2 Å². The first kappa shape index (κ1) is 25.1. The molecular formula is C29H37NO5. The van der Waals surface area contributed by atoms with Gasteiger partial charge in [0.2, 0.25) is 5.54 Å². The zero-order chi connectivity index (χ0) is 26.0. The maximum Gasteiger partial charge on any atom is 0.343 e. The number of aromatic hydroxyl groups is 1. The van der Waals surface area contributed by atoms with E-state index in [9.17, 15) is 9.90 Å². The van der Waals surface area contributed by atoms with Crippen LogP contribution in [0.4, 0.5) is 0 Å². The Kier molecular flexibility index (Phi) is 5.74. The number of hydrogen-bond acceptors (Lipinski definition) is 6. The number of aliphatic imine (C=N–C) groups is 1. The number of fused-ring (bicyclic) bond motifs is 2. The van der Waals surface area contributed by atoms with Crippen LogP contribution >= 0.6 is 0 Å². The van der Waals surface area contributed by atoms with Crippen LogP contribution in [0.25, 0.3) is 0 Å². The summed E-state index contributed by atoms with van der Waals surface area (Å²) in [6, 6.07) is 11.6. The number of phenols is 1. The monoisotopic (exact) mass is 479 g/mol. The summed E-state index contributed by atoms with van der Waals surface area (Å²) in [6.45, 7) is 17.8. The van der Waals surface area contributed by atoms with E-state index < -0.39 is 23.2 Å². The molecule has 0 spiro atoms. The predicted octanol–water partition coefficient (Wildman–Crippen LogP) is 5.98. The highest BCUT2D eigenvalue weighted by Gasteiger charge is 2.70. The third-order valence-corrected chi connectivity index (χ3v) is 6.91. The molecule has 2 aliphatic rings. The molecule has 2 aliphatic heterocycles. The topological polar surface area (TPSA) is 77.4 Å². The molecule has 2 aromatic rings. The lowest BCUT2D eigenvalue weighted by Crippen LogP contribution is -2.64. The van der Waals surface area contributed by atoms with Crippen molar-refractivity contribution in [3.63, 3.8) is 0 Å². The fourth-order valence-corrected chi connectivity index (χ4v) is 5.15. The molecule has 0 radical (unpaired) electrons. The summed E-state index contributed by atoms with van der Waals surface area (Å²) < 4.78 is 18.0. The number of esters is 1. The molecule has 6 nitrogen and oxygen atoms in total. The number of carbonyl (C=O) groups is 1. The van der Waals surface area contributed by atoms with E-state index in [2.05, 4.69) is 46.5 Å². The molecule has 0 aromatic heterocycles. The van der Waals surface area contributed by atoms with Crippen LogP contribution < -0.4 is 4.74 Å². The molecule has 0 aliphatic carbocycles. The van der Waals surface area contributed by atoms with Gasteiger partial charge in [-0.1, -0.05) is 71.9 Å². The second-order valence-corrected chi connectivity index (χ2v) is 12.1. The van der Waals surface area contributed by atoms with Crippen molar-refractivity contribution in [3.8, 4) is 11.5 Å². The number of hydrogen-bond donors (Lipinski definition) is 1. The second-order valence-electron chi connectivity index (χ2n) is 12.1. The quantitative estimate of drug-likeness (QED) is 0.548. The molecule has 188 valence electrons. The molecule has 35 heavy (non-hydrogen) atoms. The summed E-state index contributed by atoms with van der Waals surface area (Å²) in [7, 11) is 0. The molecule has 4 rings (SSSR count). The first-order valence-corrected chi connectivity index (χ1v) is 12.2. The van der Waals surface area contributed by atoms with Crippen molar-refractivity contribution < 1.29 is 24.1 Å². The number of nitrogens with zero attached hydrogens (tertiary/aromatic N) is 1. The van der Waals surface area contributed by atoms with Gasteiger partial charge in [-0.3, -0.25) is 0 Å². The third-order valence-electron chi connectivity index (χ3n) is 6.91. The Labute approximate surface area is 208 Å². The van der Waals surface area contributed by atoms with Gasteiger partial charge in [-0.25, -0.2) is 9.79 Å².